The lowest BCUT2D eigenvalue weighted by atomic mass is 9.99. The van der Waals surface area contributed by atoms with Gasteiger partial charge in [-0.25, -0.2) is 0 Å². The molecule has 0 aliphatic carbocycles. The van der Waals surface area contributed by atoms with Crippen molar-refractivity contribution in [2.45, 2.75) is 13.1 Å². The van der Waals surface area contributed by atoms with Gasteiger partial charge in [0.05, 0.1) is 59.1 Å². The number of nitrogens with zero attached hydrogens (tertiary/aromatic N) is 6. The van der Waals surface area contributed by atoms with E-state index in [1.807, 2.05) is 42.7 Å². The fourth-order valence-corrected chi connectivity index (χ4v) is 8.14. The summed E-state index contributed by atoms with van der Waals surface area (Å²) in [7, 11) is 0. The van der Waals surface area contributed by atoms with Crippen LogP contribution in [0.2, 0.25) is 0 Å². The second-order valence-electron chi connectivity index (χ2n) is 13.9. The average Bonchev–Trinajstić information content (AvgIpc) is 4.10. The number of benzene rings is 4. The predicted molar refractivity (Wildman–Crippen MR) is 216 cm³/mol. The van der Waals surface area contributed by atoms with E-state index in [1.165, 1.54) is 0 Å². The van der Waals surface area contributed by atoms with E-state index in [0.717, 1.165) is 88.5 Å². The summed E-state index contributed by atoms with van der Waals surface area (Å²) < 4.78 is 0. The monoisotopic (exact) mass is 730 g/mol. The van der Waals surface area contributed by atoms with Gasteiger partial charge in [0.1, 0.15) is 5.69 Å². The molecule has 0 atom stereocenters. The fraction of sp³-hybridized carbons (Fsp3) is 0.0455. The molecule has 4 N–H and O–H groups in total. The number of nitrogens with one attached hydrogen (secondary N) is 4. The molecule has 0 unspecified atom stereocenters. The molecule has 12 nitrogen and oxygen atoms in total. The lowest BCUT2D eigenvalue weighted by molar-refractivity contribution is 0.0987. The Balaban J connectivity index is 0.000000130. The first-order valence-electron chi connectivity index (χ1n) is 18.2. The molecule has 8 heterocycles. The maximum absolute atomic E-state index is 13.0. The van der Waals surface area contributed by atoms with Gasteiger partial charge >= 0.3 is 0 Å². The summed E-state index contributed by atoms with van der Waals surface area (Å²) in [5.74, 6) is -0.0993. The second kappa shape index (κ2) is 12.4. The van der Waals surface area contributed by atoms with E-state index in [1.54, 1.807) is 40.7 Å². The molecular formula is C44H30N10O2. The molecule has 0 spiro atoms. The van der Waals surface area contributed by atoms with Gasteiger partial charge in [0, 0.05) is 62.9 Å². The topological polar surface area (TPSA) is 155 Å². The quantitative estimate of drug-likeness (QED) is 0.142. The number of aromatic nitrogens is 8. The molecule has 0 bridgehead atoms. The average molecular weight is 731 g/mol. The first-order chi connectivity index (χ1) is 27.6. The number of amides is 2. The summed E-state index contributed by atoms with van der Waals surface area (Å²) in [6, 6.07) is 32.3. The molecule has 0 saturated heterocycles. The van der Waals surface area contributed by atoms with E-state index in [-0.39, 0.29) is 11.8 Å². The minimum atomic E-state index is -0.0740. The van der Waals surface area contributed by atoms with E-state index in [4.69, 9.17) is 0 Å². The highest BCUT2D eigenvalue weighted by atomic mass is 16.2. The van der Waals surface area contributed by atoms with Gasteiger partial charge in [-0.2, -0.15) is 10.2 Å². The molecular weight excluding hydrogens is 701 g/mol. The minimum Gasteiger partial charge on any atom is -0.361 e. The Morgan fingerprint density at radius 2 is 1.09 bits per heavy atom. The molecule has 4 aromatic carbocycles. The van der Waals surface area contributed by atoms with Crippen molar-refractivity contribution in [1.82, 2.24) is 40.3 Å². The molecule has 6 aromatic heterocycles. The minimum absolute atomic E-state index is 0.0254. The zero-order chi connectivity index (χ0) is 37.3. The largest absolute Gasteiger partial charge is 0.361 e. The van der Waals surface area contributed by atoms with Gasteiger partial charge in [-0.05, 0) is 89.0 Å². The van der Waals surface area contributed by atoms with Crippen LogP contribution in [0.5, 0.6) is 0 Å². The van der Waals surface area contributed by atoms with Crippen molar-refractivity contribution in [2.75, 3.05) is 9.80 Å². The molecule has 10 aromatic rings. The Labute approximate surface area is 317 Å². The number of hydrogen-bond donors (Lipinski definition) is 4. The van der Waals surface area contributed by atoms with Crippen LogP contribution in [-0.4, -0.2) is 52.1 Å². The van der Waals surface area contributed by atoms with Crippen LogP contribution in [0.3, 0.4) is 0 Å². The van der Waals surface area contributed by atoms with Gasteiger partial charge in [0.15, 0.2) is 0 Å². The third-order valence-corrected chi connectivity index (χ3v) is 10.8. The van der Waals surface area contributed by atoms with Crippen LogP contribution in [0, 0.1) is 0 Å². The van der Waals surface area contributed by atoms with Crippen LogP contribution >= 0.6 is 0 Å². The van der Waals surface area contributed by atoms with Gasteiger partial charge in [0.25, 0.3) is 11.8 Å². The maximum atomic E-state index is 13.0. The highest BCUT2D eigenvalue weighted by Gasteiger charge is 2.32. The van der Waals surface area contributed by atoms with E-state index in [0.29, 0.717) is 24.3 Å². The Kier molecular flexibility index (Phi) is 6.98. The molecule has 12 rings (SSSR count). The molecule has 0 fully saturated rings. The van der Waals surface area contributed by atoms with Gasteiger partial charge in [0.2, 0.25) is 0 Å². The summed E-state index contributed by atoms with van der Waals surface area (Å²) >= 11 is 0. The molecule has 2 aliphatic heterocycles. The van der Waals surface area contributed by atoms with Crippen LogP contribution in [0.4, 0.5) is 11.4 Å². The Hall–Kier alpha value is -7.86. The third-order valence-electron chi connectivity index (χ3n) is 10.8. The summed E-state index contributed by atoms with van der Waals surface area (Å²) in [5.41, 5.74) is 12.9. The number of rotatable bonds is 4. The fourth-order valence-electron chi connectivity index (χ4n) is 8.14. The van der Waals surface area contributed by atoms with Crippen LogP contribution in [-0.2, 0) is 13.1 Å². The number of hydrogen-bond acceptors (Lipinski definition) is 6. The zero-order valence-electron chi connectivity index (χ0n) is 29.6. The molecule has 0 saturated carbocycles. The first kappa shape index (κ1) is 31.6. The molecule has 2 amide bonds. The van der Waals surface area contributed by atoms with Crippen molar-refractivity contribution < 1.29 is 9.59 Å². The van der Waals surface area contributed by atoms with Crippen molar-refractivity contribution in [1.29, 1.82) is 0 Å². The SMILES string of the molecule is O=C1c2cccnc2CN1c1cc(-c2cccc3[nH]ccc23)cc2[nH]ncc12.O=C1c2ncccc2CN1c1cc(-c2cccc3[nH]ccc23)cc2[nH]ncc12. The van der Waals surface area contributed by atoms with Crippen LogP contribution in [0.25, 0.3) is 65.9 Å². The number of H-pyrrole nitrogens is 4. The van der Waals surface area contributed by atoms with Crippen molar-refractivity contribution in [3.63, 3.8) is 0 Å². The number of pyridine rings is 2. The lowest BCUT2D eigenvalue weighted by Gasteiger charge is -2.18. The van der Waals surface area contributed by atoms with Crippen LogP contribution in [0.1, 0.15) is 32.1 Å². The zero-order valence-corrected chi connectivity index (χ0v) is 29.6. The number of carbonyl (C=O) groups excluding carboxylic acids is 2. The van der Waals surface area contributed by atoms with E-state index >= 15 is 0 Å². The van der Waals surface area contributed by atoms with Crippen molar-refractivity contribution in [3.05, 3.63) is 157 Å². The van der Waals surface area contributed by atoms with E-state index in [2.05, 4.69) is 101 Å². The summed E-state index contributed by atoms with van der Waals surface area (Å²) in [6.45, 7) is 0.979. The standard InChI is InChI=1S/2C22H15N5O/c28-22-21-13(3-2-7-24-21)12-27(22)20-10-14(9-19-17(20)11-25-26-19)15-4-1-5-18-16(15)6-8-23-18;28-22-16-4-2-7-23-20(16)12-27(22)21-10-13(9-19-17(21)11-25-26-19)14-3-1-5-18-15(14)6-8-24-18/h1-11,23H,12H2,(H,25,26);1-11,24H,12H2,(H,25,26). The summed E-state index contributed by atoms with van der Waals surface area (Å²) in [4.78, 5) is 44.8. The number of fused-ring (bicyclic) bond motifs is 6. The van der Waals surface area contributed by atoms with E-state index in [9.17, 15) is 9.59 Å². The van der Waals surface area contributed by atoms with Gasteiger partial charge < -0.3 is 19.8 Å². The lowest BCUT2D eigenvalue weighted by Crippen LogP contribution is -2.23. The van der Waals surface area contributed by atoms with Gasteiger partial charge in [-0.1, -0.05) is 30.3 Å². The normalized spacial score (nSPS) is 13.6. The number of aromatic amines is 4. The maximum Gasteiger partial charge on any atom is 0.277 e. The van der Waals surface area contributed by atoms with E-state index < -0.39 is 0 Å². The van der Waals surface area contributed by atoms with Crippen molar-refractivity contribution in [2.24, 2.45) is 0 Å². The second-order valence-corrected chi connectivity index (χ2v) is 13.9. The summed E-state index contributed by atoms with van der Waals surface area (Å²) in [6.07, 6.45) is 10.8. The van der Waals surface area contributed by atoms with Crippen molar-refractivity contribution >= 4 is 66.8 Å². The first-order valence-corrected chi connectivity index (χ1v) is 18.2. The highest BCUT2D eigenvalue weighted by molar-refractivity contribution is 6.15. The predicted octanol–water partition coefficient (Wildman–Crippen LogP) is 8.53. The smallest absolute Gasteiger partial charge is 0.277 e. The molecule has 12 heteroatoms. The Morgan fingerprint density at radius 3 is 1.70 bits per heavy atom. The number of carbonyl (C=O) groups is 2. The number of anilines is 2. The van der Waals surface area contributed by atoms with Crippen LogP contribution < -0.4 is 9.80 Å². The molecule has 268 valence electrons. The molecule has 56 heavy (non-hydrogen) atoms. The van der Waals surface area contributed by atoms with Crippen LogP contribution in [0.15, 0.2) is 134 Å². The van der Waals surface area contributed by atoms with Gasteiger partial charge in [-0.15, -0.1) is 0 Å². The highest BCUT2D eigenvalue weighted by Crippen LogP contribution is 2.40. The molecule has 0 radical (unpaired) electrons. The van der Waals surface area contributed by atoms with Gasteiger partial charge in [-0.3, -0.25) is 29.8 Å². The summed E-state index contributed by atoms with van der Waals surface area (Å²) in [5, 5.41) is 18.7. The van der Waals surface area contributed by atoms with Crippen molar-refractivity contribution in [3.8, 4) is 22.3 Å². The Morgan fingerprint density at radius 1 is 0.518 bits per heavy atom. The molecule has 2 aliphatic rings. The third kappa shape index (κ3) is 4.93. The Bertz CT molecular complexity index is 2970.